The van der Waals surface area contributed by atoms with E-state index in [1.807, 2.05) is 4.90 Å². The van der Waals surface area contributed by atoms with Gasteiger partial charge in [-0.25, -0.2) is 4.79 Å². The molecule has 120 valence electrons. The molecule has 2 heterocycles. The Morgan fingerprint density at radius 2 is 2.05 bits per heavy atom. The molecule has 0 radical (unpaired) electrons. The molecule has 6 nitrogen and oxygen atoms in total. The van der Waals surface area contributed by atoms with Crippen molar-refractivity contribution < 1.29 is 14.7 Å². The topological polar surface area (TPSA) is 72.9 Å². The van der Waals surface area contributed by atoms with Crippen LogP contribution in [-0.2, 0) is 4.79 Å². The Bertz CT molecular complexity index is 388. The van der Waals surface area contributed by atoms with Gasteiger partial charge in [-0.2, -0.15) is 0 Å². The third-order valence-corrected chi connectivity index (χ3v) is 4.88. The molecule has 3 atom stereocenters. The molecule has 2 amide bonds. The van der Waals surface area contributed by atoms with E-state index in [0.29, 0.717) is 24.9 Å². The van der Waals surface area contributed by atoms with Crippen molar-refractivity contribution in [3.05, 3.63) is 0 Å². The maximum Gasteiger partial charge on any atom is 0.317 e. The molecule has 2 saturated heterocycles. The standard InChI is InChI=1S/C15H27N3O3/c1-11-9-13(6-7-17(11)2)16-15(21)18-8-5-12(10-18)3-4-14(19)20/h11-13H,3-10H2,1-2H3,(H,16,21)(H,19,20). The summed E-state index contributed by atoms with van der Waals surface area (Å²) in [6.07, 6.45) is 3.79. The molecular weight excluding hydrogens is 270 g/mol. The van der Waals surface area contributed by atoms with E-state index in [1.165, 1.54) is 0 Å². The molecule has 2 aliphatic heterocycles. The fraction of sp³-hybridized carbons (Fsp3) is 0.867. The second kappa shape index (κ2) is 7.11. The van der Waals surface area contributed by atoms with E-state index >= 15 is 0 Å². The number of piperidine rings is 1. The molecule has 2 aliphatic rings. The average molecular weight is 297 g/mol. The number of carbonyl (C=O) groups is 2. The molecule has 0 saturated carbocycles. The van der Waals surface area contributed by atoms with E-state index in [9.17, 15) is 9.59 Å². The number of hydrogen-bond acceptors (Lipinski definition) is 3. The molecule has 2 rings (SSSR count). The summed E-state index contributed by atoms with van der Waals surface area (Å²) >= 11 is 0. The number of nitrogens with zero attached hydrogens (tertiary/aromatic N) is 2. The van der Waals surface area contributed by atoms with Crippen LogP contribution >= 0.6 is 0 Å². The van der Waals surface area contributed by atoms with Crippen molar-refractivity contribution >= 4 is 12.0 Å². The summed E-state index contributed by atoms with van der Waals surface area (Å²) in [4.78, 5) is 27.0. The van der Waals surface area contributed by atoms with Crippen LogP contribution in [0.5, 0.6) is 0 Å². The Balaban J connectivity index is 1.73. The van der Waals surface area contributed by atoms with E-state index in [4.69, 9.17) is 5.11 Å². The van der Waals surface area contributed by atoms with Crippen molar-refractivity contribution in [2.45, 2.75) is 51.1 Å². The quantitative estimate of drug-likeness (QED) is 0.822. The van der Waals surface area contributed by atoms with Gasteiger partial charge in [-0.15, -0.1) is 0 Å². The molecule has 0 spiro atoms. The molecule has 6 heteroatoms. The first kappa shape index (κ1) is 16.1. The van der Waals surface area contributed by atoms with Gasteiger partial charge in [0.05, 0.1) is 0 Å². The van der Waals surface area contributed by atoms with Crippen LogP contribution in [0.2, 0.25) is 0 Å². The van der Waals surface area contributed by atoms with Crippen LogP contribution in [0.3, 0.4) is 0 Å². The first-order valence-corrected chi connectivity index (χ1v) is 7.93. The number of likely N-dealkylation sites (tertiary alicyclic amines) is 2. The van der Waals surface area contributed by atoms with Crippen molar-refractivity contribution in [2.24, 2.45) is 5.92 Å². The number of carboxylic acids is 1. The summed E-state index contributed by atoms with van der Waals surface area (Å²) < 4.78 is 0. The maximum atomic E-state index is 12.3. The monoisotopic (exact) mass is 297 g/mol. The lowest BCUT2D eigenvalue weighted by Crippen LogP contribution is -2.50. The lowest BCUT2D eigenvalue weighted by atomic mass is 9.99. The van der Waals surface area contributed by atoms with Crippen LogP contribution in [0.4, 0.5) is 4.79 Å². The van der Waals surface area contributed by atoms with E-state index in [-0.39, 0.29) is 18.5 Å². The Labute approximate surface area is 126 Å². The summed E-state index contributed by atoms with van der Waals surface area (Å²) in [5, 5.41) is 11.9. The van der Waals surface area contributed by atoms with Gasteiger partial charge in [0, 0.05) is 38.1 Å². The summed E-state index contributed by atoms with van der Waals surface area (Å²) in [7, 11) is 2.12. The molecule has 0 aromatic rings. The Morgan fingerprint density at radius 1 is 1.29 bits per heavy atom. The maximum absolute atomic E-state index is 12.3. The van der Waals surface area contributed by atoms with Crippen LogP contribution in [0.15, 0.2) is 0 Å². The molecule has 0 bridgehead atoms. The van der Waals surface area contributed by atoms with Crippen molar-refractivity contribution in [3.8, 4) is 0 Å². The van der Waals surface area contributed by atoms with Gasteiger partial charge in [0.1, 0.15) is 0 Å². The fourth-order valence-electron chi connectivity index (χ4n) is 3.27. The first-order chi connectivity index (χ1) is 9.95. The Hall–Kier alpha value is -1.30. The molecule has 0 aromatic heterocycles. The van der Waals surface area contributed by atoms with Crippen molar-refractivity contribution in [1.29, 1.82) is 0 Å². The SMILES string of the molecule is CC1CC(NC(=O)N2CCC(CCC(=O)O)C2)CCN1C. The fourth-order valence-corrected chi connectivity index (χ4v) is 3.27. The van der Waals surface area contributed by atoms with Crippen molar-refractivity contribution in [1.82, 2.24) is 15.1 Å². The van der Waals surface area contributed by atoms with Gasteiger partial charge in [0.25, 0.3) is 0 Å². The highest BCUT2D eigenvalue weighted by atomic mass is 16.4. The number of hydrogen-bond donors (Lipinski definition) is 2. The Morgan fingerprint density at radius 3 is 2.71 bits per heavy atom. The van der Waals surface area contributed by atoms with Crippen LogP contribution in [0, 0.1) is 5.92 Å². The number of nitrogens with one attached hydrogen (secondary N) is 1. The van der Waals surface area contributed by atoms with Gasteiger partial charge in [-0.1, -0.05) is 0 Å². The van der Waals surface area contributed by atoms with Gasteiger partial charge in [0.2, 0.25) is 0 Å². The van der Waals surface area contributed by atoms with Crippen LogP contribution in [-0.4, -0.2) is 65.7 Å². The third-order valence-electron chi connectivity index (χ3n) is 4.88. The highest BCUT2D eigenvalue weighted by molar-refractivity contribution is 5.74. The summed E-state index contributed by atoms with van der Waals surface area (Å²) in [5.74, 6) is -0.415. The molecule has 2 N–H and O–H groups in total. The molecule has 0 aliphatic carbocycles. The number of aliphatic carboxylic acids is 1. The molecular formula is C15H27N3O3. The third kappa shape index (κ3) is 4.59. The van der Waals surface area contributed by atoms with Gasteiger partial charge < -0.3 is 20.2 Å². The second-order valence-corrected chi connectivity index (χ2v) is 6.53. The minimum Gasteiger partial charge on any atom is -0.481 e. The summed E-state index contributed by atoms with van der Waals surface area (Å²) in [6, 6.07) is 0.794. The van der Waals surface area contributed by atoms with Crippen molar-refractivity contribution in [3.63, 3.8) is 0 Å². The van der Waals surface area contributed by atoms with E-state index in [0.717, 1.165) is 32.4 Å². The molecule has 3 unspecified atom stereocenters. The number of amides is 2. The highest BCUT2D eigenvalue weighted by Crippen LogP contribution is 2.22. The molecule has 2 fully saturated rings. The van der Waals surface area contributed by atoms with E-state index in [2.05, 4.69) is 24.2 Å². The molecule has 0 aromatic carbocycles. The van der Waals surface area contributed by atoms with Crippen LogP contribution in [0.25, 0.3) is 0 Å². The normalized spacial score (nSPS) is 30.4. The zero-order valence-corrected chi connectivity index (χ0v) is 13.0. The summed E-state index contributed by atoms with van der Waals surface area (Å²) in [6.45, 7) is 4.66. The van der Waals surface area contributed by atoms with Gasteiger partial charge in [-0.05, 0) is 45.6 Å². The minimum absolute atomic E-state index is 0.0228. The zero-order valence-electron chi connectivity index (χ0n) is 13.0. The lowest BCUT2D eigenvalue weighted by molar-refractivity contribution is -0.137. The number of carboxylic acid groups (broad SMARTS) is 1. The average Bonchev–Trinajstić information content (AvgIpc) is 2.89. The first-order valence-electron chi connectivity index (χ1n) is 7.93. The lowest BCUT2D eigenvalue weighted by Gasteiger charge is -2.36. The highest BCUT2D eigenvalue weighted by Gasteiger charge is 2.29. The van der Waals surface area contributed by atoms with Crippen molar-refractivity contribution in [2.75, 3.05) is 26.7 Å². The second-order valence-electron chi connectivity index (χ2n) is 6.53. The van der Waals surface area contributed by atoms with Gasteiger partial charge in [0.15, 0.2) is 0 Å². The van der Waals surface area contributed by atoms with Gasteiger partial charge in [-0.3, -0.25) is 4.79 Å². The number of rotatable bonds is 4. The molecule has 21 heavy (non-hydrogen) atoms. The summed E-state index contributed by atoms with van der Waals surface area (Å²) in [5.41, 5.74) is 0. The largest absolute Gasteiger partial charge is 0.481 e. The zero-order chi connectivity index (χ0) is 15.4. The predicted octanol–water partition coefficient (Wildman–Crippen LogP) is 1.37. The van der Waals surface area contributed by atoms with Gasteiger partial charge >= 0.3 is 12.0 Å². The number of carbonyl (C=O) groups excluding carboxylic acids is 1. The van der Waals surface area contributed by atoms with Crippen LogP contribution < -0.4 is 5.32 Å². The number of urea groups is 1. The minimum atomic E-state index is -0.752. The van der Waals surface area contributed by atoms with E-state index < -0.39 is 5.97 Å². The predicted molar refractivity (Wildman–Crippen MR) is 80.2 cm³/mol. The smallest absolute Gasteiger partial charge is 0.317 e. The Kier molecular flexibility index (Phi) is 5.45. The van der Waals surface area contributed by atoms with Crippen LogP contribution in [0.1, 0.15) is 39.0 Å². The van der Waals surface area contributed by atoms with E-state index in [1.54, 1.807) is 0 Å².